The fourth-order valence-electron chi connectivity index (χ4n) is 3.86. The van der Waals surface area contributed by atoms with Gasteiger partial charge in [0.2, 0.25) is 0 Å². The maximum atomic E-state index is 13.4. The molecule has 10 heteroatoms. The van der Waals surface area contributed by atoms with E-state index in [0.717, 1.165) is 24.9 Å². The first-order valence-electron chi connectivity index (χ1n) is 11.6. The molecule has 2 heterocycles. The number of amides is 2. The molecule has 3 N–H and O–H groups in total. The number of nitrogens with zero attached hydrogens (tertiary/aromatic N) is 4. The molecular weight excluding hydrogens is 464 g/mol. The highest BCUT2D eigenvalue weighted by molar-refractivity contribution is 7.13. The molecule has 3 rings (SSSR count). The monoisotopic (exact) mass is 496 g/mol. The van der Waals surface area contributed by atoms with Gasteiger partial charge in [-0.05, 0) is 30.9 Å². The second kappa shape index (κ2) is 13.0. The Labute approximate surface area is 210 Å². The lowest BCUT2D eigenvalue weighted by molar-refractivity contribution is 0.0790. The second-order valence-corrected chi connectivity index (χ2v) is 9.38. The zero-order chi connectivity index (χ0) is 25.2. The van der Waals surface area contributed by atoms with Crippen molar-refractivity contribution in [3.05, 3.63) is 51.2 Å². The van der Waals surface area contributed by atoms with Gasteiger partial charge in [-0.2, -0.15) is 5.26 Å². The van der Waals surface area contributed by atoms with E-state index < -0.39 is 0 Å². The minimum Gasteiger partial charge on any atom is -0.385 e. The minimum absolute atomic E-state index is 0.0775. The van der Waals surface area contributed by atoms with Crippen LogP contribution in [0.1, 0.15) is 50.4 Å². The SMILES string of the molecule is COCCCNC(=O)c1csc(C(=O)N(C)Cc2ccccc2C#N)c1N=CN1CCC[C@@H](N)C1. The van der Waals surface area contributed by atoms with Gasteiger partial charge in [-0.1, -0.05) is 18.2 Å². The van der Waals surface area contributed by atoms with Crippen LogP contribution in [-0.4, -0.2) is 74.4 Å². The van der Waals surface area contributed by atoms with Gasteiger partial charge in [0.25, 0.3) is 11.8 Å². The molecule has 1 aromatic heterocycles. The summed E-state index contributed by atoms with van der Waals surface area (Å²) in [6, 6.07) is 9.42. The Balaban J connectivity index is 1.84. The number of hydrogen-bond acceptors (Lipinski definition) is 7. The molecule has 1 aliphatic heterocycles. The van der Waals surface area contributed by atoms with Crippen molar-refractivity contribution in [2.24, 2.45) is 10.7 Å². The van der Waals surface area contributed by atoms with Gasteiger partial charge in [-0.25, -0.2) is 4.99 Å². The fourth-order valence-corrected chi connectivity index (χ4v) is 4.84. The first kappa shape index (κ1) is 26.3. The smallest absolute Gasteiger partial charge is 0.266 e. The third kappa shape index (κ3) is 7.11. The summed E-state index contributed by atoms with van der Waals surface area (Å²) in [7, 11) is 3.29. The van der Waals surface area contributed by atoms with Crippen molar-refractivity contribution in [3.8, 4) is 6.07 Å². The van der Waals surface area contributed by atoms with E-state index in [-0.39, 0.29) is 24.4 Å². The summed E-state index contributed by atoms with van der Waals surface area (Å²) in [6.45, 7) is 2.78. The van der Waals surface area contributed by atoms with Crippen LogP contribution < -0.4 is 11.1 Å². The number of nitrogens with one attached hydrogen (secondary N) is 1. The van der Waals surface area contributed by atoms with E-state index in [0.29, 0.717) is 47.8 Å². The van der Waals surface area contributed by atoms with Crippen molar-refractivity contribution in [2.75, 3.05) is 40.4 Å². The zero-order valence-corrected chi connectivity index (χ0v) is 21.0. The molecule has 1 fully saturated rings. The Hall–Kier alpha value is -3.26. The average Bonchev–Trinajstić information content (AvgIpc) is 3.29. The third-order valence-corrected chi connectivity index (χ3v) is 6.70. The maximum Gasteiger partial charge on any atom is 0.266 e. The quantitative estimate of drug-likeness (QED) is 0.296. The number of rotatable bonds is 10. The van der Waals surface area contributed by atoms with Gasteiger partial charge in [-0.3, -0.25) is 9.59 Å². The van der Waals surface area contributed by atoms with Crippen molar-refractivity contribution in [1.29, 1.82) is 5.26 Å². The van der Waals surface area contributed by atoms with Crippen molar-refractivity contribution >= 4 is 35.2 Å². The Morgan fingerprint density at radius 2 is 2.23 bits per heavy atom. The summed E-state index contributed by atoms with van der Waals surface area (Å²) in [4.78, 5) is 34.8. The fraction of sp³-hybridized carbons (Fsp3) is 0.440. The van der Waals surface area contributed by atoms with Crippen LogP contribution in [0, 0.1) is 11.3 Å². The molecule has 1 saturated heterocycles. The number of nitrogens with two attached hydrogens (primary N) is 1. The second-order valence-electron chi connectivity index (χ2n) is 8.50. The summed E-state index contributed by atoms with van der Waals surface area (Å²) in [5, 5.41) is 13.9. The summed E-state index contributed by atoms with van der Waals surface area (Å²) >= 11 is 1.19. The lowest BCUT2D eigenvalue weighted by Gasteiger charge is -2.28. The van der Waals surface area contributed by atoms with E-state index in [1.165, 1.54) is 16.2 Å². The van der Waals surface area contributed by atoms with Gasteiger partial charge in [0.15, 0.2) is 0 Å². The van der Waals surface area contributed by atoms with Crippen LogP contribution >= 0.6 is 11.3 Å². The Kier molecular flexibility index (Phi) is 9.78. The van der Waals surface area contributed by atoms with Gasteiger partial charge in [0.05, 0.1) is 23.5 Å². The molecule has 2 amide bonds. The molecule has 0 saturated carbocycles. The highest BCUT2D eigenvalue weighted by Crippen LogP contribution is 2.32. The molecule has 35 heavy (non-hydrogen) atoms. The molecule has 186 valence electrons. The predicted octanol–water partition coefficient (Wildman–Crippen LogP) is 2.74. The number of thiophene rings is 1. The Bertz CT molecular complexity index is 1090. The molecule has 0 bridgehead atoms. The number of benzene rings is 1. The molecule has 2 aromatic rings. The Morgan fingerprint density at radius 3 is 2.97 bits per heavy atom. The van der Waals surface area contributed by atoms with Gasteiger partial charge in [0, 0.05) is 58.4 Å². The van der Waals surface area contributed by atoms with Crippen molar-refractivity contribution < 1.29 is 14.3 Å². The number of likely N-dealkylation sites (tertiary alicyclic amines) is 1. The van der Waals surface area contributed by atoms with E-state index >= 15 is 0 Å². The molecule has 0 radical (unpaired) electrons. The molecule has 0 aliphatic carbocycles. The number of piperidine rings is 1. The summed E-state index contributed by atoms with van der Waals surface area (Å²) in [6.07, 6.45) is 4.31. The third-order valence-electron chi connectivity index (χ3n) is 5.75. The number of methoxy groups -OCH3 is 1. The summed E-state index contributed by atoms with van der Waals surface area (Å²) in [5.74, 6) is -0.542. The van der Waals surface area contributed by atoms with E-state index in [2.05, 4.69) is 16.4 Å². The van der Waals surface area contributed by atoms with Crippen LogP contribution in [0.15, 0.2) is 34.6 Å². The van der Waals surface area contributed by atoms with E-state index in [1.807, 2.05) is 17.0 Å². The largest absolute Gasteiger partial charge is 0.385 e. The van der Waals surface area contributed by atoms with Crippen LogP contribution in [0.3, 0.4) is 0 Å². The number of carbonyl (C=O) groups excluding carboxylic acids is 2. The molecular formula is C25H32N6O3S. The predicted molar refractivity (Wildman–Crippen MR) is 137 cm³/mol. The highest BCUT2D eigenvalue weighted by Gasteiger charge is 2.25. The summed E-state index contributed by atoms with van der Waals surface area (Å²) < 4.78 is 5.04. The van der Waals surface area contributed by atoms with Gasteiger partial charge in [-0.15, -0.1) is 11.3 Å². The standard InChI is InChI=1S/C25H32N6O3S/c1-30(14-19-8-4-3-7-18(19)13-26)25(33)23-22(29-17-31-11-5-9-20(27)15-31)21(16-35-23)24(32)28-10-6-12-34-2/h3-4,7-8,16-17,20H,5-6,9-12,14-15,27H2,1-2H3,(H,28,32)/t20-/m1/s1. The van der Waals surface area contributed by atoms with Gasteiger partial charge >= 0.3 is 0 Å². The molecule has 0 spiro atoms. The van der Waals surface area contributed by atoms with Crippen LogP contribution in [0.4, 0.5) is 5.69 Å². The van der Waals surface area contributed by atoms with Crippen LogP contribution in [0.25, 0.3) is 0 Å². The van der Waals surface area contributed by atoms with Crippen molar-refractivity contribution in [2.45, 2.75) is 31.8 Å². The van der Waals surface area contributed by atoms with Crippen molar-refractivity contribution in [3.63, 3.8) is 0 Å². The number of aliphatic imine (C=N–C) groups is 1. The highest BCUT2D eigenvalue weighted by atomic mass is 32.1. The zero-order valence-electron chi connectivity index (χ0n) is 20.2. The van der Waals surface area contributed by atoms with Crippen LogP contribution in [-0.2, 0) is 11.3 Å². The van der Waals surface area contributed by atoms with Gasteiger partial charge in [0.1, 0.15) is 10.6 Å². The molecule has 1 aliphatic rings. The molecule has 1 aromatic carbocycles. The number of hydrogen-bond donors (Lipinski definition) is 2. The van der Waals surface area contributed by atoms with E-state index in [4.69, 9.17) is 10.5 Å². The Morgan fingerprint density at radius 1 is 1.43 bits per heavy atom. The maximum absolute atomic E-state index is 13.4. The lowest BCUT2D eigenvalue weighted by atomic mass is 10.1. The first-order valence-corrected chi connectivity index (χ1v) is 12.5. The van der Waals surface area contributed by atoms with Crippen LogP contribution in [0.5, 0.6) is 0 Å². The molecule has 1 atom stereocenters. The van der Waals surface area contributed by atoms with Crippen molar-refractivity contribution in [1.82, 2.24) is 15.1 Å². The van der Waals surface area contributed by atoms with Gasteiger partial charge < -0.3 is 25.6 Å². The van der Waals surface area contributed by atoms with E-state index in [9.17, 15) is 14.9 Å². The first-order chi connectivity index (χ1) is 16.9. The number of nitriles is 1. The minimum atomic E-state index is -0.281. The number of ether oxygens (including phenoxy) is 1. The molecule has 9 nitrogen and oxygen atoms in total. The normalized spacial score (nSPS) is 15.7. The van der Waals surface area contributed by atoms with Crippen LogP contribution in [0.2, 0.25) is 0 Å². The summed E-state index contributed by atoms with van der Waals surface area (Å²) in [5.41, 5.74) is 8.08. The average molecular weight is 497 g/mol. The topological polar surface area (TPSA) is 124 Å². The number of carbonyl (C=O) groups is 2. The molecule has 0 unspecified atom stereocenters. The lowest BCUT2D eigenvalue weighted by Crippen LogP contribution is -2.41. The van der Waals surface area contributed by atoms with E-state index in [1.54, 1.807) is 38.0 Å².